The first-order valence-electron chi connectivity index (χ1n) is 4.59. The highest BCUT2D eigenvalue weighted by Crippen LogP contribution is 2.65. The largest absolute Gasteiger partial charge is 0.299 e. The third kappa shape index (κ3) is 0.800. The summed E-state index contributed by atoms with van der Waals surface area (Å²) in [6.07, 6.45) is 2.04. The molecule has 0 heterocycles. The number of carbonyl (C=O) groups is 1. The van der Waals surface area contributed by atoms with Gasteiger partial charge in [0.1, 0.15) is 5.78 Å². The van der Waals surface area contributed by atoms with Crippen molar-refractivity contribution in [1.29, 1.82) is 0 Å². The normalized spacial score (nSPS) is 48.2. The van der Waals surface area contributed by atoms with E-state index >= 15 is 0 Å². The fraction of sp³-hybridized carbons (Fsp3) is 0.900. The molecule has 2 aliphatic carbocycles. The fourth-order valence-corrected chi connectivity index (χ4v) is 2.63. The maximum atomic E-state index is 11.5. The van der Waals surface area contributed by atoms with Crippen molar-refractivity contribution >= 4 is 5.78 Å². The van der Waals surface area contributed by atoms with Crippen molar-refractivity contribution in [1.82, 2.24) is 0 Å². The number of carbonyl (C=O) groups excluding carboxylic acids is 1. The Kier molecular flexibility index (Phi) is 1.25. The fourth-order valence-electron chi connectivity index (χ4n) is 2.63. The van der Waals surface area contributed by atoms with Crippen molar-refractivity contribution in [2.24, 2.45) is 23.2 Å². The van der Waals surface area contributed by atoms with Crippen molar-refractivity contribution in [3.8, 4) is 0 Å². The molecule has 0 aromatic heterocycles. The lowest BCUT2D eigenvalue weighted by Gasteiger charge is -2.13. The predicted octanol–water partition coefficient (Wildman–Crippen LogP) is 2.26. The highest BCUT2D eigenvalue weighted by molar-refractivity contribution is 5.90. The zero-order chi connectivity index (χ0) is 8.22. The summed E-state index contributed by atoms with van der Waals surface area (Å²) in [5, 5.41) is 0. The molecule has 2 saturated carbocycles. The molecule has 2 fully saturated rings. The molecule has 0 spiro atoms. The van der Waals surface area contributed by atoms with Crippen LogP contribution in [-0.4, -0.2) is 5.78 Å². The van der Waals surface area contributed by atoms with Crippen LogP contribution in [0.15, 0.2) is 0 Å². The quantitative estimate of drug-likeness (QED) is 0.563. The van der Waals surface area contributed by atoms with Crippen molar-refractivity contribution in [2.75, 3.05) is 0 Å². The van der Waals surface area contributed by atoms with Crippen LogP contribution < -0.4 is 0 Å². The Hall–Kier alpha value is -0.330. The average molecular weight is 152 g/mol. The van der Waals surface area contributed by atoms with Gasteiger partial charge in [-0.25, -0.2) is 0 Å². The lowest BCUT2D eigenvalue weighted by atomic mass is 9.91. The van der Waals surface area contributed by atoms with Gasteiger partial charge in [-0.1, -0.05) is 20.8 Å². The summed E-state index contributed by atoms with van der Waals surface area (Å²) in [5.41, 5.74) is 0.134. The topological polar surface area (TPSA) is 17.1 Å². The van der Waals surface area contributed by atoms with E-state index in [1.54, 1.807) is 0 Å². The predicted molar refractivity (Wildman–Crippen MR) is 44.2 cm³/mol. The number of hydrogen-bond acceptors (Lipinski definition) is 1. The molecule has 2 rings (SSSR count). The van der Waals surface area contributed by atoms with Gasteiger partial charge >= 0.3 is 0 Å². The van der Waals surface area contributed by atoms with E-state index < -0.39 is 0 Å². The van der Waals surface area contributed by atoms with E-state index in [-0.39, 0.29) is 5.41 Å². The molecule has 2 aliphatic rings. The van der Waals surface area contributed by atoms with E-state index in [9.17, 15) is 4.79 Å². The van der Waals surface area contributed by atoms with Crippen LogP contribution in [0, 0.1) is 23.2 Å². The summed E-state index contributed by atoms with van der Waals surface area (Å²) in [7, 11) is 0. The first kappa shape index (κ1) is 7.33. The van der Waals surface area contributed by atoms with Crippen LogP contribution >= 0.6 is 0 Å². The van der Waals surface area contributed by atoms with E-state index in [0.29, 0.717) is 17.6 Å². The Morgan fingerprint density at radius 2 is 2.18 bits per heavy atom. The Morgan fingerprint density at radius 1 is 1.55 bits per heavy atom. The van der Waals surface area contributed by atoms with Gasteiger partial charge in [0.05, 0.1) is 0 Å². The second kappa shape index (κ2) is 1.88. The monoisotopic (exact) mass is 152 g/mol. The van der Waals surface area contributed by atoms with Gasteiger partial charge in [-0.2, -0.15) is 0 Å². The minimum atomic E-state index is 0.134. The van der Waals surface area contributed by atoms with E-state index in [1.165, 1.54) is 6.42 Å². The summed E-state index contributed by atoms with van der Waals surface area (Å²) >= 11 is 0. The molecule has 0 saturated heterocycles. The Bertz CT molecular complexity index is 207. The lowest BCUT2D eigenvalue weighted by Crippen LogP contribution is -2.10. The number of ketones is 1. The van der Waals surface area contributed by atoms with Crippen molar-refractivity contribution in [3.63, 3.8) is 0 Å². The van der Waals surface area contributed by atoms with Gasteiger partial charge < -0.3 is 0 Å². The first-order valence-corrected chi connectivity index (χ1v) is 4.59. The molecule has 0 aromatic carbocycles. The zero-order valence-corrected chi connectivity index (χ0v) is 7.55. The summed E-state index contributed by atoms with van der Waals surface area (Å²) in [6.45, 7) is 6.62. The van der Waals surface area contributed by atoms with Crippen LogP contribution in [0.25, 0.3) is 0 Å². The Balaban J connectivity index is 2.16. The maximum Gasteiger partial charge on any atom is 0.139 e. The maximum absolute atomic E-state index is 11.5. The number of hydrogen-bond donors (Lipinski definition) is 0. The first-order chi connectivity index (χ1) is 5.05. The van der Waals surface area contributed by atoms with Crippen LogP contribution in [-0.2, 0) is 4.79 Å². The van der Waals surface area contributed by atoms with Crippen LogP contribution in [0.2, 0.25) is 0 Å². The van der Waals surface area contributed by atoms with E-state index in [0.717, 1.165) is 12.3 Å². The van der Waals surface area contributed by atoms with E-state index in [1.807, 2.05) is 0 Å². The standard InChI is InChI=1S/C10H16O/c1-6(2)7-4-9(11)10(3)5-8(7)10/h6-8H,4-5H2,1-3H3. The second-order valence-electron chi connectivity index (χ2n) is 4.76. The molecule has 1 heteroatoms. The molecular formula is C10H16O. The average Bonchev–Trinajstić information content (AvgIpc) is 2.51. The van der Waals surface area contributed by atoms with Crippen LogP contribution in [0.5, 0.6) is 0 Å². The molecule has 1 nitrogen and oxygen atoms in total. The van der Waals surface area contributed by atoms with Crippen LogP contribution in [0.3, 0.4) is 0 Å². The van der Waals surface area contributed by atoms with Gasteiger partial charge in [-0.3, -0.25) is 4.79 Å². The highest BCUT2D eigenvalue weighted by Gasteiger charge is 2.64. The SMILES string of the molecule is CC(C)C1CC(=O)C2(C)CC12. The Morgan fingerprint density at radius 3 is 2.36 bits per heavy atom. The second-order valence-corrected chi connectivity index (χ2v) is 4.76. The molecule has 0 amide bonds. The molecule has 0 N–H and O–H groups in total. The van der Waals surface area contributed by atoms with Crippen LogP contribution in [0.1, 0.15) is 33.6 Å². The molecule has 0 aromatic rings. The minimum absolute atomic E-state index is 0.134. The minimum Gasteiger partial charge on any atom is -0.299 e. The third-order valence-electron chi connectivity index (χ3n) is 3.73. The van der Waals surface area contributed by atoms with Gasteiger partial charge in [0.15, 0.2) is 0 Å². The van der Waals surface area contributed by atoms with E-state index in [4.69, 9.17) is 0 Å². The van der Waals surface area contributed by atoms with Crippen molar-refractivity contribution in [3.05, 3.63) is 0 Å². The van der Waals surface area contributed by atoms with Gasteiger partial charge in [0.2, 0.25) is 0 Å². The van der Waals surface area contributed by atoms with Crippen LogP contribution in [0.4, 0.5) is 0 Å². The van der Waals surface area contributed by atoms with E-state index in [2.05, 4.69) is 20.8 Å². The van der Waals surface area contributed by atoms with Gasteiger partial charge in [-0.15, -0.1) is 0 Å². The van der Waals surface area contributed by atoms with Crippen molar-refractivity contribution in [2.45, 2.75) is 33.6 Å². The summed E-state index contributed by atoms with van der Waals surface area (Å²) in [6, 6.07) is 0. The van der Waals surface area contributed by atoms with Crippen molar-refractivity contribution < 1.29 is 4.79 Å². The molecule has 0 radical (unpaired) electrons. The number of fused-ring (bicyclic) bond motifs is 1. The molecule has 62 valence electrons. The summed E-state index contributed by atoms with van der Waals surface area (Å²) < 4.78 is 0. The summed E-state index contributed by atoms with van der Waals surface area (Å²) in [4.78, 5) is 11.5. The molecule has 0 bridgehead atoms. The smallest absolute Gasteiger partial charge is 0.139 e. The molecule has 3 unspecified atom stereocenters. The summed E-state index contributed by atoms with van der Waals surface area (Å²) in [5.74, 6) is 2.68. The Labute approximate surface area is 68.2 Å². The third-order valence-corrected chi connectivity index (χ3v) is 3.73. The van der Waals surface area contributed by atoms with Gasteiger partial charge in [0, 0.05) is 11.8 Å². The number of Topliss-reactive ketones (excluding diaryl/α,β-unsaturated/α-hetero) is 1. The van der Waals surface area contributed by atoms with Gasteiger partial charge in [-0.05, 0) is 24.2 Å². The molecule has 11 heavy (non-hydrogen) atoms. The molecule has 3 atom stereocenters. The lowest BCUT2D eigenvalue weighted by molar-refractivity contribution is -0.122. The zero-order valence-electron chi connectivity index (χ0n) is 7.55. The van der Waals surface area contributed by atoms with Gasteiger partial charge in [0.25, 0.3) is 0 Å². The molecular weight excluding hydrogens is 136 g/mol. The highest BCUT2D eigenvalue weighted by atomic mass is 16.1. The molecule has 0 aliphatic heterocycles. The number of rotatable bonds is 1.